The van der Waals surface area contributed by atoms with E-state index in [2.05, 4.69) is 4.98 Å². The average Bonchev–Trinajstić information content (AvgIpc) is 2.39. The maximum Gasteiger partial charge on any atom is 0.180 e. The molecule has 0 saturated heterocycles. The first kappa shape index (κ1) is 7.94. The Hall–Kier alpha value is -1.16. The van der Waals surface area contributed by atoms with Gasteiger partial charge in [0.2, 0.25) is 0 Å². The molecule has 2 N–H and O–H groups in total. The van der Waals surface area contributed by atoms with Crippen LogP contribution in [-0.2, 0) is 4.79 Å². The van der Waals surface area contributed by atoms with E-state index in [9.17, 15) is 4.79 Å². The lowest BCUT2D eigenvalue weighted by Gasteiger charge is -1.88. The third kappa shape index (κ3) is 1.65. The molecule has 0 atom stereocenters. The van der Waals surface area contributed by atoms with Gasteiger partial charge >= 0.3 is 0 Å². The Labute approximate surface area is 68.6 Å². The number of hydrogen-bond donors (Lipinski definition) is 1. The number of rotatable bonds is 2. The minimum Gasteiger partial charge on any atom is -0.375 e. The van der Waals surface area contributed by atoms with E-state index in [4.69, 9.17) is 5.73 Å². The minimum atomic E-state index is 0.487. The van der Waals surface area contributed by atoms with Crippen LogP contribution in [0.3, 0.4) is 0 Å². The third-order valence-corrected chi connectivity index (χ3v) is 1.93. The highest BCUT2D eigenvalue weighted by Crippen LogP contribution is 2.17. The molecule has 1 heterocycles. The van der Waals surface area contributed by atoms with Gasteiger partial charge in [-0.1, -0.05) is 6.08 Å². The van der Waals surface area contributed by atoms with E-state index in [-0.39, 0.29) is 0 Å². The summed E-state index contributed by atoms with van der Waals surface area (Å²) in [7, 11) is 0. The van der Waals surface area contributed by atoms with E-state index < -0.39 is 0 Å². The van der Waals surface area contributed by atoms with Gasteiger partial charge in [-0.3, -0.25) is 4.79 Å². The molecule has 0 aliphatic heterocycles. The lowest BCUT2D eigenvalue weighted by Crippen LogP contribution is -1.87. The summed E-state index contributed by atoms with van der Waals surface area (Å²) in [6.07, 6.45) is 2.48. The van der Waals surface area contributed by atoms with E-state index in [0.717, 1.165) is 6.29 Å². The molecule has 0 amide bonds. The Morgan fingerprint density at radius 3 is 2.91 bits per heavy atom. The fourth-order valence-corrected chi connectivity index (χ4v) is 1.27. The molecule has 0 aromatic carbocycles. The lowest BCUT2D eigenvalue weighted by molar-refractivity contribution is -0.103. The van der Waals surface area contributed by atoms with Gasteiger partial charge in [-0.25, -0.2) is 4.98 Å². The molecule has 0 aliphatic carbocycles. The van der Waals surface area contributed by atoms with Crippen LogP contribution in [0.5, 0.6) is 0 Å². The quantitative estimate of drug-likeness (QED) is 0.535. The predicted molar refractivity (Wildman–Crippen MR) is 46.2 cm³/mol. The molecular formula is C7H8N2OS. The number of nitrogen functional groups attached to an aromatic ring is 1. The van der Waals surface area contributed by atoms with Crippen molar-refractivity contribution in [2.45, 2.75) is 6.92 Å². The Bertz CT molecular complexity index is 290. The highest BCUT2D eigenvalue weighted by atomic mass is 32.1. The largest absolute Gasteiger partial charge is 0.375 e. The Morgan fingerprint density at radius 1 is 1.82 bits per heavy atom. The Kier molecular flexibility index (Phi) is 2.38. The van der Waals surface area contributed by atoms with Gasteiger partial charge in [0.25, 0.3) is 0 Å². The van der Waals surface area contributed by atoms with Gasteiger partial charge in [-0.05, 0) is 6.92 Å². The second kappa shape index (κ2) is 3.30. The predicted octanol–water partition coefficient (Wildman–Crippen LogP) is 1.33. The number of nitrogens with two attached hydrogens (primary N) is 1. The second-order valence-corrected chi connectivity index (χ2v) is 2.82. The summed E-state index contributed by atoms with van der Waals surface area (Å²) in [5.74, 6) is 0. The van der Waals surface area contributed by atoms with Crippen LogP contribution in [0.2, 0.25) is 0 Å². The van der Waals surface area contributed by atoms with E-state index >= 15 is 0 Å². The molecule has 0 aliphatic rings. The monoisotopic (exact) mass is 168 g/mol. The van der Waals surface area contributed by atoms with Crippen LogP contribution in [0, 0.1) is 0 Å². The van der Waals surface area contributed by atoms with Crippen molar-refractivity contribution in [3.05, 3.63) is 17.2 Å². The summed E-state index contributed by atoms with van der Waals surface area (Å²) >= 11 is 1.33. The highest BCUT2D eigenvalue weighted by Gasteiger charge is 2.02. The van der Waals surface area contributed by atoms with Crippen LogP contribution in [0.25, 0.3) is 5.57 Å². The number of allylic oxidation sites excluding steroid dienone is 2. The molecule has 0 saturated carbocycles. The molecule has 0 fully saturated rings. The number of thiazole rings is 1. The van der Waals surface area contributed by atoms with E-state index in [1.54, 1.807) is 18.4 Å². The molecule has 58 valence electrons. The molecular weight excluding hydrogens is 160 g/mol. The first-order chi connectivity index (χ1) is 5.27. The summed E-state index contributed by atoms with van der Waals surface area (Å²) in [5, 5.41) is 2.25. The number of carbonyl (C=O) groups is 1. The van der Waals surface area contributed by atoms with E-state index in [1.807, 2.05) is 0 Å². The zero-order chi connectivity index (χ0) is 8.27. The summed E-state index contributed by atoms with van der Waals surface area (Å²) in [4.78, 5) is 14.4. The highest BCUT2D eigenvalue weighted by molar-refractivity contribution is 7.13. The standard InChI is InChI=1S/C7H8N2OS/c1-2-5(3-10)6-4-11-7(8)9-6/h2-4H,1H3,(H2,8,9). The first-order valence-electron chi connectivity index (χ1n) is 3.10. The molecule has 3 nitrogen and oxygen atoms in total. The lowest BCUT2D eigenvalue weighted by atomic mass is 10.2. The molecule has 11 heavy (non-hydrogen) atoms. The molecule has 0 bridgehead atoms. The van der Waals surface area contributed by atoms with Crippen molar-refractivity contribution in [3.63, 3.8) is 0 Å². The topological polar surface area (TPSA) is 56.0 Å². The molecule has 4 heteroatoms. The number of aldehydes is 1. The normalized spacial score (nSPS) is 11.5. The van der Waals surface area contributed by atoms with Crippen molar-refractivity contribution in [2.75, 3.05) is 5.73 Å². The van der Waals surface area contributed by atoms with Crippen LogP contribution in [0.1, 0.15) is 12.6 Å². The van der Waals surface area contributed by atoms with E-state index in [1.165, 1.54) is 11.3 Å². The zero-order valence-corrected chi connectivity index (χ0v) is 6.89. The molecule has 1 rings (SSSR count). The minimum absolute atomic E-state index is 0.487. The molecule has 0 spiro atoms. The third-order valence-electron chi connectivity index (χ3n) is 1.26. The number of nitrogens with zero attached hydrogens (tertiary/aromatic N) is 1. The summed E-state index contributed by atoms with van der Waals surface area (Å²) < 4.78 is 0. The summed E-state index contributed by atoms with van der Waals surface area (Å²) in [5.41, 5.74) is 6.63. The number of hydrogen-bond acceptors (Lipinski definition) is 4. The molecule has 0 radical (unpaired) electrons. The van der Waals surface area contributed by atoms with Crippen molar-refractivity contribution >= 4 is 28.3 Å². The van der Waals surface area contributed by atoms with E-state index in [0.29, 0.717) is 16.4 Å². The second-order valence-electron chi connectivity index (χ2n) is 1.93. The van der Waals surface area contributed by atoms with Gasteiger partial charge in [0.05, 0.1) is 5.69 Å². The van der Waals surface area contributed by atoms with Gasteiger partial charge in [0, 0.05) is 11.0 Å². The SMILES string of the molecule is CC=C(C=O)c1csc(N)n1. The van der Waals surface area contributed by atoms with Gasteiger partial charge in [-0.15, -0.1) is 11.3 Å². The van der Waals surface area contributed by atoms with Crippen LogP contribution >= 0.6 is 11.3 Å². The van der Waals surface area contributed by atoms with Gasteiger partial charge in [-0.2, -0.15) is 0 Å². The van der Waals surface area contributed by atoms with Crippen molar-refractivity contribution in [3.8, 4) is 0 Å². The number of anilines is 1. The zero-order valence-electron chi connectivity index (χ0n) is 6.07. The molecule has 1 aromatic rings. The molecule has 0 unspecified atom stereocenters. The Morgan fingerprint density at radius 2 is 2.55 bits per heavy atom. The maximum atomic E-state index is 10.4. The number of aromatic nitrogens is 1. The van der Waals surface area contributed by atoms with Crippen molar-refractivity contribution in [2.24, 2.45) is 0 Å². The summed E-state index contributed by atoms with van der Waals surface area (Å²) in [6, 6.07) is 0. The molecule has 1 aromatic heterocycles. The summed E-state index contributed by atoms with van der Waals surface area (Å²) in [6.45, 7) is 1.79. The first-order valence-corrected chi connectivity index (χ1v) is 3.98. The van der Waals surface area contributed by atoms with Crippen LogP contribution in [-0.4, -0.2) is 11.3 Å². The van der Waals surface area contributed by atoms with Crippen molar-refractivity contribution < 1.29 is 4.79 Å². The number of carbonyl (C=O) groups excluding carboxylic acids is 1. The van der Waals surface area contributed by atoms with Gasteiger partial charge < -0.3 is 5.73 Å². The maximum absolute atomic E-state index is 10.4. The van der Waals surface area contributed by atoms with Crippen molar-refractivity contribution in [1.82, 2.24) is 4.98 Å². The average molecular weight is 168 g/mol. The fraction of sp³-hybridized carbons (Fsp3) is 0.143. The Balaban J connectivity index is 3.00. The van der Waals surface area contributed by atoms with Crippen LogP contribution in [0.15, 0.2) is 11.5 Å². The van der Waals surface area contributed by atoms with Gasteiger partial charge in [0.15, 0.2) is 11.4 Å². The van der Waals surface area contributed by atoms with Crippen LogP contribution in [0.4, 0.5) is 5.13 Å². The van der Waals surface area contributed by atoms with Crippen molar-refractivity contribution in [1.29, 1.82) is 0 Å². The smallest absolute Gasteiger partial charge is 0.180 e. The fourth-order valence-electron chi connectivity index (χ4n) is 0.696. The van der Waals surface area contributed by atoms with Crippen LogP contribution < -0.4 is 5.73 Å². The van der Waals surface area contributed by atoms with Gasteiger partial charge in [0.1, 0.15) is 0 Å².